The summed E-state index contributed by atoms with van der Waals surface area (Å²) in [6, 6.07) is 1.91. The summed E-state index contributed by atoms with van der Waals surface area (Å²) in [6.45, 7) is 8.29. The Labute approximate surface area is 92.6 Å². The van der Waals surface area contributed by atoms with Crippen molar-refractivity contribution in [3.63, 3.8) is 0 Å². The van der Waals surface area contributed by atoms with Gasteiger partial charge in [0.1, 0.15) is 0 Å². The third kappa shape index (κ3) is 2.44. The van der Waals surface area contributed by atoms with Gasteiger partial charge in [-0.3, -0.25) is 4.98 Å². The fourth-order valence-electron chi connectivity index (χ4n) is 1.08. The first-order chi connectivity index (χ1) is 5.82. The van der Waals surface area contributed by atoms with Gasteiger partial charge in [0.05, 0.1) is 16.4 Å². The van der Waals surface area contributed by atoms with Gasteiger partial charge >= 0.3 is 0 Å². The highest BCUT2D eigenvalue weighted by Crippen LogP contribution is 2.30. The molecular weight excluding hydrogens is 249 g/mol. The van der Waals surface area contributed by atoms with Gasteiger partial charge in [0.25, 0.3) is 0 Å². The minimum absolute atomic E-state index is 0.00252. The predicted octanol–water partition coefficient (Wildman–Crippen LogP) is 4.10. The van der Waals surface area contributed by atoms with Crippen LogP contribution >= 0.6 is 27.5 Å². The van der Waals surface area contributed by atoms with Crippen LogP contribution in [0.1, 0.15) is 32.2 Å². The van der Waals surface area contributed by atoms with Crippen molar-refractivity contribution in [2.45, 2.75) is 33.1 Å². The van der Waals surface area contributed by atoms with Crippen LogP contribution in [0.15, 0.2) is 10.5 Å². The van der Waals surface area contributed by atoms with Gasteiger partial charge in [0.2, 0.25) is 0 Å². The van der Waals surface area contributed by atoms with Gasteiger partial charge in [-0.2, -0.15) is 0 Å². The maximum Gasteiger partial charge on any atom is 0.0647 e. The highest BCUT2D eigenvalue weighted by atomic mass is 79.9. The molecule has 1 aromatic rings. The monoisotopic (exact) mass is 261 g/mol. The number of rotatable bonds is 0. The van der Waals surface area contributed by atoms with E-state index in [1.54, 1.807) is 0 Å². The molecule has 3 heteroatoms. The topological polar surface area (TPSA) is 12.9 Å². The Morgan fingerprint density at radius 1 is 1.38 bits per heavy atom. The van der Waals surface area contributed by atoms with Crippen LogP contribution in [0.3, 0.4) is 0 Å². The zero-order chi connectivity index (χ0) is 10.2. The zero-order valence-corrected chi connectivity index (χ0v) is 10.6. The van der Waals surface area contributed by atoms with Gasteiger partial charge in [-0.25, -0.2) is 0 Å². The van der Waals surface area contributed by atoms with E-state index in [-0.39, 0.29) is 5.41 Å². The number of halogens is 2. The first-order valence-electron chi connectivity index (χ1n) is 4.15. The first-order valence-corrected chi connectivity index (χ1v) is 5.32. The van der Waals surface area contributed by atoms with Crippen LogP contribution < -0.4 is 0 Å². The lowest BCUT2D eigenvalue weighted by Gasteiger charge is -2.20. The quantitative estimate of drug-likeness (QED) is 0.686. The molecule has 0 amide bonds. The van der Waals surface area contributed by atoms with Crippen LogP contribution in [0, 0.1) is 6.92 Å². The van der Waals surface area contributed by atoms with Crippen molar-refractivity contribution >= 4 is 27.5 Å². The molecule has 0 bridgehead atoms. The van der Waals surface area contributed by atoms with E-state index in [4.69, 9.17) is 11.6 Å². The number of aromatic nitrogens is 1. The molecule has 1 aromatic heterocycles. The number of hydrogen-bond acceptors (Lipinski definition) is 1. The van der Waals surface area contributed by atoms with E-state index in [9.17, 15) is 0 Å². The Hall–Kier alpha value is -0.0800. The van der Waals surface area contributed by atoms with E-state index in [2.05, 4.69) is 41.7 Å². The summed E-state index contributed by atoms with van der Waals surface area (Å²) in [6.07, 6.45) is 0. The summed E-state index contributed by atoms with van der Waals surface area (Å²) < 4.78 is 0.963. The second-order valence-corrected chi connectivity index (χ2v) is 5.40. The van der Waals surface area contributed by atoms with Gasteiger partial charge in [-0.1, -0.05) is 32.4 Å². The van der Waals surface area contributed by atoms with Crippen molar-refractivity contribution in [1.82, 2.24) is 4.98 Å². The molecule has 1 rings (SSSR count). The average Bonchev–Trinajstić information content (AvgIpc) is 1.94. The Bertz CT molecular complexity index is 328. The minimum Gasteiger partial charge on any atom is -0.255 e. The fourth-order valence-corrected chi connectivity index (χ4v) is 1.97. The van der Waals surface area contributed by atoms with Crippen LogP contribution in [-0.2, 0) is 5.41 Å². The Morgan fingerprint density at radius 2 is 1.92 bits per heavy atom. The van der Waals surface area contributed by atoms with Crippen molar-refractivity contribution < 1.29 is 0 Å². The second kappa shape index (κ2) is 3.58. The summed E-state index contributed by atoms with van der Waals surface area (Å²) in [7, 11) is 0. The highest BCUT2D eigenvalue weighted by molar-refractivity contribution is 9.10. The Morgan fingerprint density at radius 3 is 2.38 bits per heavy atom. The lowest BCUT2D eigenvalue weighted by Crippen LogP contribution is -2.15. The molecule has 0 atom stereocenters. The number of aryl methyl sites for hydroxylation is 1. The smallest absolute Gasteiger partial charge is 0.0647 e. The fraction of sp³-hybridized carbons (Fsp3) is 0.500. The van der Waals surface area contributed by atoms with E-state index in [1.807, 2.05) is 13.0 Å². The van der Waals surface area contributed by atoms with Crippen molar-refractivity contribution in [3.8, 4) is 0 Å². The normalized spacial score (nSPS) is 11.8. The average molecular weight is 263 g/mol. The zero-order valence-electron chi connectivity index (χ0n) is 8.28. The van der Waals surface area contributed by atoms with Crippen molar-refractivity contribution in [1.29, 1.82) is 0 Å². The standard InChI is InChI=1S/C10H13BrClN/c1-6-7(11)5-8(12)9(13-6)10(2,3)4/h5H,1-4H3. The van der Waals surface area contributed by atoms with Gasteiger partial charge < -0.3 is 0 Å². The molecule has 0 saturated heterocycles. The molecule has 0 saturated carbocycles. The third-order valence-corrected chi connectivity index (χ3v) is 2.91. The summed E-state index contributed by atoms with van der Waals surface area (Å²) >= 11 is 9.49. The summed E-state index contributed by atoms with van der Waals surface area (Å²) in [5.41, 5.74) is 1.94. The molecule has 1 nitrogen and oxygen atoms in total. The molecule has 0 radical (unpaired) electrons. The van der Waals surface area contributed by atoms with E-state index < -0.39 is 0 Å². The molecule has 13 heavy (non-hydrogen) atoms. The number of hydrogen-bond donors (Lipinski definition) is 0. The Balaban J connectivity index is 3.32. The lowest BCUT2D eigenvalue weighted by atomic mass is 9.91. The van der Waals surface area contributed by atoms with Crippen LogP contribution in [-0.4, -0.2) is 4.98 Å². The molecule has 0 N–H and O–H groups in total. The molecule has 0 unspecified atom stereocenters. The van der Waals surface area contributed by atoms with Gasteiger partial charge in [0, 0.05) is 9.89 Å². The van der Waals surface area contributed by atoms with E-state index in [0.29, 0.717) is 0 Å². The number of nitrogens with zero attached hydrogens (tertiary/aromatic N) is 1. The summed E-state index contributed by atoms with van der Waals surface area (Å²) in [5, 5.41) is 0.727. The predicted molar refractivity (Wildman–Crippen MR) is 60.4 cm³/mol. The molecule has 1 heterocycles. The van der Waals surface area contributed by atoms with Gasteiger partial charge in [-0.05, 0) is 28.9 Å². The van der Waals surface area contributed by atoms with Crippen LogP contribution in [0.4, 0.5) is 0 Å². The lowest BCUT2D eigenvalue weighted by molar-refractivity contribution is 0.567. The number of pyridine rings is 1. The molecule has 0 aliphatic carbocycles. The van der Waals surface area contributed by atoms with Crippen molar-refractivity contribution in [2.24, 2.45) is 0 Å². The molecule has 72 valence electrons. The molecule has 0 aromatic carbocycles. The molecular formula is C10H13BrClN. The van der Waals surface area contributed by atoms with E-state index in [1.165, 1.54) is 0 Å². The largest absolute Gasteiger partial charge is 0.255 e. The maximum atomic E-state index is 6.09. The van der Waals surface area contributed by atoms with Crippen LogP contribution in [0.2, 0.25) is 5.02 Å². The summed E-state index contributed by atoms with van der Waals surface area (Å²) in [4.78, 5) is 4.46. The van der Waals surface area contributed by atoms with Crippen LogP contribution in [0.25, 0.3) is 0 Å². The second-order valence-electron chi connectivity index (χ2n) is 4.14. The van der Waals surface area contributed by atoms with Gasteiger partial charge in [0.15, 0.2) is 0 Å². The van der Waals surface area contributed by atoms with E-state index >= 15 is 0 Å². The molecule has 0 fully saturated rings. The SMILES string of the molecule is Cc1nc(C(C)(C)C)c(Cl)cc1Br. The first kappa shape index (κ1) is 11.0. The third-order valence-electron chi connectivity index (χ3n) is 1.82. The van der Waals surface area contributed by atoms with Crippen molar-refractivity contribution in [3.05, 3.63) is 26.9 Å². The maximum absolute atomic E-state index is 6.09. The van der Waals surface area contributed by atoms with E-state index in [0.717, 1.165) is 20.9 Å². The highest BCUT2D eigenvalue weighted by Gasteiger charge is 2.19. The van der Waals surface area contributed by atoms with Crippen molar-refractivity contribution in [2.75, 3.05) is 0 Å². The van der Waals surface area contributed by atoms with Crippen LogP contribution in [0.5, 0.6) is 0 Å². The minimum atomic E-state index is 0.00252. The molecule has 0 spiro atoms. The summed E-state index contributed by atoms with van der Waals surface area (Å²) in [5.74, 6) is 0. The molecule has 0 aliphatic rings. The Kier molecular flexibility index (Phi) is 3.03. The van der Waals surface area contributed by atoms with Gasteiger partial charge in [-0.15, -0.1) is 0 Å². The molecule has 0 aliphatic heterocycles.